The molecule has 0 radical (unpaired) electrons. The van der Waals surface area contributed by atoms with Crippen LogP contribution in [0.5, 0.6) is 0 Å². The first-order chi connectivity index (χ1) is 6.43. The lowest BCUT2D eigenvalue weighted by atomic mass is 10.2. The second-order valence-corrected chi connectivity index (χ2v) is 3.80. The number of nitrogens with zero attached hydrogens (tertiary/aromatic N) is 1. The fourth-order valence-corrected chi connectivity index (χ4v) is 1.64. The molecular weight excluding hydrogens is 282 g/mol. The number of aromatic nitrogens is 1. The van der Waals surface area contributed by atoms with Gasteiger partial charge in [-0.3, -0.25) is 0 Å². The van der Waals surface area contributed by atoms with Crippen molar-refractivity contribution in [2.24, 2.45) is 0 Å². The monoisotopic (exact) mass is 287 g/mol. The Hall–Kier alpha value is -0.290. The van der Waals surface area contributed by atoms with Gasteiger partial charge in [-0.25, -0.2) is 4.98 Å². The number of hydrogen-bond donors (Lipinski definition) is 0. The molecular formula is C8H6BrClF3N. The van der Waals surface area contributed by atoms with E-state index in [1.807, 2.05) is 0 Å². The molecule has 1 aromatic rings. The van der Waals surface area contributed by atoms with Crippen molar-refractivity contribution in [1.29, 1.82) is 0 Å². The highest BCUT2D eigenvalue weighted by Crippen LogP contribution is 2.29. The van der Waals surface area contributed by atoms with E-state index in [1.165, 1.54) is 6.07 Å². The Kier molecular flexibility index (Phi) is 3.78. The van der Waals surface area contributed by atoms with Gasteiger partial charge in [-0.15, -0.1) is 0 Å². The topological polar surface area (TPSA) is 12.9 Å². The van der Waals surface area contributed by atoms with Crippen molar-refractivity contribution < 1.29 is 13.2 Å². The van der Waals surface area contributed by atoms with Crippen LogP contribution in [0.2, 0.25) is 5.15 Å². The number of halogens is 5. The Morgan fingerprint density at radius 1 is 1.36 bits per heavy atom. The third-order valence-electron chi connectivity index (χ3n) is 1.53. The second kappa shape index (κ2) is 4.49. The van der Waals surface area contributed by atoms with Gasteiger partial charge in [0.2, 0.25) is 0 Å². The molecule has 78 valence electrons. The zero-order chi connectivity index (χ0) is 10.8. The van der Waals surface area contributed by atoms with E-state index in [-0.39, 0.29) is 5.15 Å². The molecule has 1 heterocycles. The zero-order valence-electron chi connectivity index (χ0n) is 6.91. The molecule has 0 aliphatic carbocycles. The van der Waals surface area contributed by atoms with Crippen LogP contribution in [0.15, 0.2) is 12.1 Å². The van der Waals surface area contributed by atoms with E-state index in [0.29, 0.717) is 17.3 Å². The lowest BCUT2D eigenvalue weighted by Crippen LogP contribution is -2.09. The Bertz CT molecular complexity index is 327. The van der Waals surface area contributed by atoms with Crippen LogP contribution in [0.1, 0.15) is 11.3 Å². The molecule has 0 bridgehead atoms. The molecule has 0 atom stereocenters. The summed E-state index contributed by atoms with van der Waals surface area (Å²) in [5.41, 5.74) is -0.421. The smallest absolute Gasteiger partial charge is 0.232 e. The van der Waals surface area contributed by atoms with Gasteiger partial charge in [0, 0.05) is 5.33 Å². The average Bonchev–Trinajstić information content (AvgIpc) is 2.02. The number of pyridine rings is 1. The normalized spacial score (nSPS) is 11.8. The molecule has 0 N–H and O–H groups in total. The minimum absolute atomic E-state index is 0.129. The van der Waals surface area contributed by atoms with Crippen LogP contribution in [0.25, 0.3) is 0 Å². The van der Waals surface area contributed by atoms with Crippen molar-refractivity contribution in [1.82, 2.24) is 4.98 Å². The van der Waals surface area contributed by atoms with E-state index in [9.17, 15) is 13.2 Å². The summed E-state index contributed by atoms with van der Waals surface area (Å²) >= 11 is 8.61. The largest absolute Gasteiger partial charge is 0.433 e. The van der Waals surface area contributed by atoms with Crippen LogP contribution in [0.4, 0.5) is 13.2 Å². The van der Waals surface area contributed by atoms with Crippen LogP contribution >= 0.6 is 27.5 Å². The summed E-state index contributed by atoms with van der Waals surface area (Å²) in [6.07, 6.45) is -3.95. The summed E-state index contributed by atoms with van der Waals surface area (Å²) in [5.74, 6) is 0. The third-order valence-corrected chi connectivity index (χ3v) is 2.12. The van der Waals surface area contributed by atoms with E-state index in [2.05, 4.69) is 20.9 Å². The first-order valence-corrected chi connectivity index (χ1v) is 5.23. The van der Waals surface area contributed by atoms with Gasteiger partial charge < -0.3 is 0 Å². The van der Waals surface area contributed by atoms with Crippen LogP contribution < -0.4 is 0 Å². The van der Waals surface area contributed by atoms with Gasteiger partial charge in [0.15, 0.2) is 0 Å². The summed E-state index contributed by atoms with van der Waals surface area (Å²) in [6.45, 7) is 0. The maximum Gasteiger partial charge on any atom is 0.433 e. The van der Waals surface area contributed by atoms with Gasteiger partial charge in [0.05, 0.1) is 0 Å². The maximum absolute atomic E-state index is 12.3. The van der Waals surface area contributed by atoms with Gasteiger partial charge in [0.25, 0.3) is 0 Å². The highest BCUT2D eigenvalue weighted by atomic mass is 79.9. The van der Waals surface area contributed by atoms with Gasteiger partial charge in [0.1, 0.15) is 10.8 Å². The molecule has 14 heavy (non-hydrogen) atoms. The standard InChI is InChI=1S/C8H6BrClF3N/c9-2-1-5-3-6(8(11,12)13)14-7(10)4-5/h3-4H,1-2H2. The molecule has 1 rings (SSSR count). The summed E-state index contributed by atoms with van der Waals surface area (Å²) < 4.78 is 36.8. The first kappa shape index (κ1) is 11.8. The van der Waals surface area contributed by atoms with E-state index in [1.54, 1.807) is 0 Å². The fourth-order valence-electron chi connectivity index (χ4n) is 0.949. The number of aryl methyl sites for hydroxylation is 1. The predicted molar refractivity (Wildman–Crippen MR) is 51.7 cm³/mol. The van der Waals surface area contributed by atoms with Crippen LogP contribution in [-0.4, -0.2) is 10.3 Å². The molecule has 0 spiro atoms. The Morgan fingerprint density at radius 3 is 2.50 bits per heavy atom. The fraction of sp³-hybridized carbons (Fsp3) is 0.375. The van der Waals surface area contributed by atoms with E-state index in [0.717, 1.165) is 6.07 Å². The third kappa shape index (κ3) is 3.13. The molecule has 1 aromatic heterocycles. The zero-order valence-corrected chi connectivity index (χ0v) is 9.25. The molecule has 0 unspecified atom stereocenters. The van der Waals surface area contributed by atoms with E-state index < -0.39 is 11.9 Å². The molecule has 0 saturated carbocycles. The SMILES string of the molecule is FC(F)(F)c1cc(CCBr)cc(Cl)n1. The average molecular weight is 288 g/mol. The van der Waals surface area contributed by atoms with Crippen LogP contribution in [-0.2, 0) is 12.6 Å². The molecule has 0 saturated heterocycles. The second-order valence-electron chi connectivity index (χ2n) is 2.62. The molecule has 6 heteroatoms. The summed E-state index contributed by atoms with van der Waals surface area (Å²) in [6, 6.07) is 2.44. The number of hydrogen-bond acceptors (Lipinski definition) is 1. The van der Waals surface area contributed by atoms with Crippen molar-refractivity contribution in [2.75, 3.05) is 5.33 Å². The van der Waals surface area contributed by atoms with Crippen LogP contribution in [0, 0.1) is 0 Å². The highest BCUT2D eigenvalue weighted by molar-refractivity contribution is 9.09. The minimum Gasteiger partial charge on any atom is -0.232 e. The van der Waals surface area contributed by atoms with Crippen molar-refractivity contribution in [3.8, 4) is 0 Å². The van der Waals surface area contributed by atoms with E-state index in [4.69, 9.17) is 11.6 Å². The summed E-state index contributed by atoms with van der Waals surface area (Å²) in [4.78, 5) is 3.21. The van der Waals surface area contributed by atoms with Crippen molar-refractivity contribution in [3.05, 3.63) is 28.5 Å². The Labute approximate surface area is 92.4 Å². The van der Waals surface area contributed by atoms with Crippen molar-refractivity contribution in [3.63, 3.8) is 0 Å². The molecule has 0 amide bonds. The highest BCUT2D eigenvalue weighted by Gasteiger charge is 2.32. The molecule has 1 nitrogen and oxygen atoms in total. The first-order valence-electron chi connectivity index (χ1n) is 3.73. The minimum atomic E-state index is -4.44. The molecule has 0 fully saturated rings. The van der Waals surface area contributed by atoms with Gasteiger partial charge in [-0.1, -0.05) is 27.5 Å². The summed E-state index contributed by atoms with van der Waals surface area (Å²) in [5, 5.41) is 0.459. The van der Waals surface area contributed by atoms with Crippen molar-refractivity contribution in [2.45, 2.75) is 12.6 Å². The molecule has 0 aromatic carbocycles. The number of alkyl halides is 4. The van der Waals surface area contributed by atoms with Gasteiger partial charge >= 0.3 is 6.18 Å². The van der Waals surface area contributed by atoms with Crippen molar-refractivity contribution >= 4 is 27.5 Å². The molecule has 0 aliphatic heterocycles. The lowest BCUT2D eigenvalue weighted by Gasteiger charge is -2.07. The van der Waals surface area contributed by atoms with Gasteiger partial charge in [-0.05, 0) is 24.1 Å². The molecule has 0 aliphatic rings. The predicted octanol–water partition coefficient (Wildman–Crippen LogP) is 3.69. The van der Waals surface area contributed by atoms with E-state index >= 15 is 0 Å². The summed E-state index contributed by atoms with van der Waals surface area (Å²) in [7, 11) is 0. The van der Waals surface area contributed by atoms with Gasteiger partial charge in [-0.2, -0.15) is 13.2 Å². The Morgan fingerprint density at radius 2 is 2.00 bits per heavy atom. The Balaban J connectivity index is 3.07. The maximum atomic E-state index is 12.3. The number of rotatable bonds is 2. The quantitative estimate of drug-likeness (QED) is 0.597. The lowest BCUT2D eigenvalue weighted by molar-refractivity contribution is -0.141. The van der Waals surface area contributed by atoms with Crippen LogP contribution in [0.3, 0.4) is 0 Å².